The van der Waals surface area contributed by atoms with Crippen LogP contribution in [0.1, 0.15) is 93.9 Å². The van der Waals surface area contributed by atoms with Crippen molar-refractivity contribution in [1.29, 1.82) is 0 Å². The molecule has 0 radical (unpaired) electrons. The van der Waals surface area contributed by atoms with Gasteiger partial charge in [-0.25, -0.2) is 4.98 Å². The molecule has 0 amide bonds. The maximum atomic E-state index is 5.19. The first kappa shape index (κ1) is 32.3. The van der Waals surface area contributed by atoms with Crippen LogP contribution in [0.5, 0.6) is 0 Å². The van der Waals surface area contributed by atoms with Crippen molar-refractivity contribution in [3.05, 3.63) is 24.3 Å². The maximum absolute atomic E-state index is 5.19. The standard InChI is InChI=1S/C32H58N6/c1-9-25(5)17-21-33-27(7)19-23-37(11-3)31-29-15-13-14-16-30(29)35-32(36-31)38(12-4)24-20-28(8)34-22-18-26(6)10-2/h13-16,25-28,33-34H,9-12,17-24H2,1-8H3. The molecule has 216 valence electrons. The first-order chi connectivity index (χ1) is 18.3. The zero-order valence-electron chi connectivity index (χ0n) is 25.9. The number of anilines is 2. The van der Waals surface area contributed by atoms with Crippen LogP contribution in [0.15, 0.2) is 24.3 Å². The smallest absolute Gasteiger partial charge is 0.227 e. The van der Waals surface area contributed by atoms with E-state index in [0.717, 1.165) is 86.6 Å². The van der Waals surface area contributed by atoms with Gasteiger partial charge in [0.1, 0.15) is 5.82 Å². The summed E-state index contributed by atoms with van der Waals surface area (Å²) in [6, 6.07) is 9.46. The lowest BCUT2D eigenvalue weighted by Gasteiger charge is -2.28. The Bertz CT molecular complexity index is 903. The van der Waals surface area contributed by atoms with Gasteiger partial charge in [-0.05, 0) is 90.4 Å². The third kappa shape index (κ3) is 10.7. The van der Waals surface area contributed by atoms with E-state index in [1.165, 1.54) is 25.7 Å². The molecule has 38 heavy (non-hydrogen) atoms. The molecule has 4 unspecified atom stereocenters. The van der Waals surface area contributed by atoms with Crippen molar-refractivity contribution in [2.45, 2.75) is 106 Å². The van der Waals surface area contributed by atoms with Crippen molar-refractivity contribution >= 4 is 22.7 Å². The molecule has 0 saturated heterocycles. The van der Waals surface area contributed by atoms with Crippen molar-refractivity contribution < 1.29 is 0 Å². The largest absolute Gasteiger partial charge is 0.356 e. The zero-order valence-corrected chi connectivity index (χ0v) is 25.9. The van der Waals surface area contributed by atoms with Crippen molar-refractivity contribution in [2.24, 2.45) is 11.8 Å². The first-order valence-corrected chi connectivity index (χ1v) is 15.6. The molecular formula is C32H58N6. The van der Waals surface area contributed by atoms with E-state index in [9.17, 15) is 0 Å². The molecule has 0 bridgehead atoms. The van der Waals surface area contributed by atoms with Gasteiger partial charge in [-0.1, -0.05) is 52.7 Å². The van der Waals surface area contributed by atoms with Crippen LogP contribution in [0.25, 0.3) is 10.9 Å². The fourth-order valence-corrected chi connectivity index (χ4v) is 4.71. The molecular weight excluding hydrogens is 468 g/mol. The van der Waals surface area contributed by atoms with Gasteiger partial charge in [0.25, 0.3) is 0 Å². The lowest BCUT2D eigenvalue weighted by molar-refractivity contribution is 0.445. The average Bonchev–Trinajstić information content (AvgIpc) is 2.93. The Kier molecular flexibility index (Phi) is 15.0. The lowest BCUT2D eigenvalue weighted by atomic mass is 10.1. The summed E-state index contributed by atoms with van der Waals surface area (Å²) in [4.78, 5) is 15.0. The van der Waals surface area contributed by atoms with E-state index in [2.05, 4.69) is 100 Å². The van der Waals surface area contributed by atoms with E-state index in [0.29, 0.717) is 12.1 Å². The van der Waals surface area contributed by atoms with Gasteiger partial charge < -0.3 is 20.4 Å². The SMILES string of the molecule is CCC(C)CCNC(C)CCN(CC)c1nc(N(CC)CCC(C)NCCC(C)CC)c2ccccc2n1. The second-order valence-corrected chi connectivity index (χ2v) is 11.4. The molecule has 1 aromatic heterocycles. The Morgan fingerprint density at radius 2 is 1.21 bits per heavy atom. The van der Waals surface area contributed by atoms with Gasteiger partial charge in [-0.15, -0.1) is 0 Å². The molecule has 0 saturated carbocycles. The van der Waals surface area contributed by atoms with Crippen LogP contribution in [-0.2, 0) is 0 Å². The normalized spacial score (nSPS) is 14.8. The van der Waals surface area contributed by atoms with Crippen LogP contribution in [0.4, 0.5) is 11.8 Å². The van der Waals surface area contributed by atoms with Crippen molar-refractivity contribution in [3.8, 4) is 0 Å². The molecule has 0 aliphatic heterocycles. The molecule has 6 heteroatoms. The summed E-state index contributed by atoms with van der Waals surface area (Å²) >= 11 is 0. The van der Waals surface area contributed by atoms with Crippen LogP contribution < -0.4 is 20.4 Å². The number of rotatable bonds is 20. The summed E-state index contributed by atoms with van der Waals surface area (Å²) < 4.78 is 0. The van der Waals surface area contributed by atoms with Crippen LogP contribution >= 0.6 is 0 Å². The summed E-state index contributed by atoms with van der Waals surface area (Å²) in [6.07, 6.45) is 7.18. The highest BCUT2D eigenvalue weighted by Crippen LogP contribution is 2.27. The van der Waals surface area contributed by atoms with Gasteiger partial charge in [-0.2, -0.15) is 4.98 Å². The summed E-state index contributed by atoms with van der Waals surface area (Å²) in [5, 5.41) is 8.59. The third-order valence-electron chi connectivity index (χ3n) is 8.23. The van der Waals surface area contributed by atoms with Crippen molar-refractivity contribution in [2.75, 3.05) is 49.1 Å². The summed E-state index contributed by atoms with van der Waals surface area (Å²) in [5.41, 5.74) is 1.03. The number of hydrogen-bond acceptors (Lipinski definition) is 6. The molecule has 1 heterocycles. The van der Waals surface area contributed by atoms with Crippen LogP contribution in [0.2, 0.25) is 0 Å². The Balaban J connectivity index is 2.09. The minimum atomic E-state index is 0.481. The van der Waals surface area contributed by atoms with Gasteiger partial charge in [0, 0.05) is 43.6 Å². The Labute approximate surface area is 234 Å². The van der Waals surface area contributed by atoms with E-state index in [1.54, 1.807) is 0 Å². The van der Waals surface area contributed by atoms with E-state index in [4.69, 9.17) is 9.97 Å². The minimum Gasteiger partial charge on any atom is -0.356 e. The second kappa shape index (κ2) is 17.6. The van der Waals surface area contributed by atoms with Gasteiger partial charge in [-0.3, -0.25) is 0 Å². The monoisotopic (exact) mass is 526 g/mol. The average molecular weight is 527 g/mol. The van der Waals surface area contributed by atoms with Gasteiger partial charge in [0.05, 0.1) is 5.52 Å². The van der Waals surface area contributed by atoms with Gasteiger partial charge in [0.2, 0.25) is 5.95 Å². The quantitative estimate of drug-likeness (QED) is 0.196. The van der Waals surface area contributed by atoms with E-state index in [1.807, 2.05) is 0 Å². The van der Waals surface area contributed by atoms with Crippen LogP contribution in [-0.4, -0.2) is 61.3 Å². The number of fused-ring (bicyclic) bond motifs is 1. The van der Waals surface area contributed by atoms with Crippen molar-refractivity contribution in [3.63, 3.8) is 0 Å². The Hall–Kier alpha value is -1.92. The number of benzene rings is 1. The van der Waals surface area contributed by atoms with Gasteiger partial charge >= 0.3 is 0 Å². The lowest BCUT2D eigenvalue weighted by Crippen LogP contribution is -2.35. The molecule has 0 aliphatic carbocycles. The number of para-hydroxylation sites is 1. The molecule has 4 atom stereocenters. The topological polar surface area (TPSA) is 56.3 Å². The molecule has 0 aliphatic rings. The van der Waals surface area contributed by atoms with Crippen LogP contribution in [0.3, 0.4) is 0 Å². The summed E-state index contributed by atoms with van der Waals surface area (Å²) in [6.45, 7) is 24.3. The number of nitrogens with zero attached hydrogens (tertiary/aromatic N) is 4. The third-order valence-corrected chi connectivity index (χ3v) is 8.23. The molecule has 1 aromatic carbocycles. The minimum absolute atomic E-state index is 0.481. The van der Waals surface area contributed by atoms with Crippen LogP contribution in [0, 0.1) is 11.8 Å². The number of nitrogens with one attached hydrogen (secondary N) is 2. The fourth-order valence-electron chi connectivity index (χ4n) is 4.71. The predicted molar refractivity (Wildman–Crippen MR) is 168 cm³/mol. The van der Waals surface area contributed by atoms with E-state index < -0.39 is 0 Å². The highest BCUT2D eigenvalue weighted by atomic mass is 15.3. The number of aromatic nitrogens is 2. The fraction of sp³-hybridized carbons (Fsp3) is 0.750. The molecule has 6 nitrogen and oxygen atoms in total. The predicted octanol–water partition coefficient (Wildman–Crippen LogP) is 6.89. The summed E-state index contributed by atoms with van der Waals surface area (Å²) in [5.74, 6) is 3.50. The molecule has 2 rings (SSSR count). The summed E-state index contributed by atoms with van der Waals surface area (Å²) in [7, 11) is 0. The first-order valence-electron chi connectivity index (χ1n) is 15.6. The second-order valence-electron chi connectivity index (χ2n) is 11.4. The van der Waals surface area contributed by atoms with Gasteiger partial charge in [0.15, 0.2) is 0 Å². The number of hydrogen-bond donors (Lipinski definition) is 2. The Morgan fingerprint density at radius 1 is 0.684 bits per heavy atom. The highest BCUT2D eigenvalue weighted by Gasteiger charge is 2.18. The highest BCUT2D eigenvalue weighted by molar-refractivity contribution is 5.90. The molecule has 2 aromatic rings. The Morgan fingerprint density at radius 3 is 1.74 bits per heavy atom. The van der Waals surface area contributed by atoms with E-state index in [-0.39, 0.29) is 0 Å². The molecule has 0 spiro atoms. The maximum Gasteiger partial charge on any atom is 0.227 e. The van der Waals surface area contributed by atoms with E-state index >= 15 is 0 Å². The molecule has 2 N–H and O–H groups in total. The molecule has 0 fully saturated rings. The zero-order chi connectivity index (χ0) is 27.9. The van der Waals surface area contributed by atoms with Crippen molar-refractivity contribution in [1.82, 2.24) is 20.6 Å².